The quantitative estimate of drug-likeness (QED) is 0.244. The Morgan fingerprint density at radius 3 is 2.14 bits per heavy atom. The molecule has 14 heavy (non-hydrogen) atoms. The third-order valence-corrected chi connectivity index (χ3v) is 1.91. The maximum Gasteiger partial charge on any atom is 0.291 e. The van der Waals surface area contributed by atoms with E-state index in [1.165, 1.54) is 19.3 Å². The summed E-state index contributed by atoms with van der Waals surface area (Å²) < 4.78 is 0. The fourth-order valence-electron chi connectivity index (χ4n) is 1.42. The molecule has 1 saturated carbocycles. The molecule has 1 aliphatic rings. The van der Waals surface area contributed by atoms with Crippen LogP contribution in [0.25, 0.3) is 0 Å². The lowest BCUT2D eigenvalue weighted by atomic mass is 9.96. The van der Waals surface area contributed by atoms with Gasteiger partial charge in [-0.25, -0.2) is 0 Å². The van der Waals surface area contributed by atoms with Crippen molar-refractivity contribution < 1.29 is 10.3 Å². The smallest absolute Gasteiger partial charge is 0.291 e. The number of nitrogens with two attached hydrogens (primary N) is 2. The van der Waals surface area contributed by atoms with Crippen LogP contribution in [0.5, 0.6) is 0 Å². The molecular weight excluding hydrogens is 188 g/mol. The Bertz CT molecular complexity index is 193. The van der Waals surface area contributed by atoms with E-state index in [4.69, 9.17) is 26.8 Å². The van der Waals surface area contributed by atoms with Gasteiger partial charge >= 0.3 is 0 Å². The number of guanidine groups is 1. The van der Waals surface area contributed by atoms with Gasteiger partial charge in [0.1, 0.15) is 0 Å². The molecule has 0 aromatic carbocycles. The molecule has 7 heteroatoms. The average molecular weight is 204 g/mol. The molecule has 5 N–H and O–H groups in total. The molecule has 0 radical (unpaired) electrons. The van der Waals surface area contributed by atoms with E-state index >= 15 is 0 Å². The van der Waals surface area contributed by atoms with Crippen LogP contribution in [0.1, 0.15) is 32.1 Å². The third kappa shape index (κ3) is 8.57. The highest BCUT2D eigenvalue weighted by Crippen LogP contribution is 2.19. The maximum absolute atomic E-state index is 8.36. The predicted molar refractivity (Wildman–Crippen MR) is 51.5 cm³/mol. The van der Waals surface area contributed by atoms with Crippen molar-refractivity contribution in [3.63, 3.8) is 0 Å². The molecule has 1 fully saturated rings. The summed E-state index contributed by atoms with van der Waals surface area (Å²) in [4.78, 5) is 12.5. The molecule has 0 amide bonds. The van der Waals surface area contributed by atoms with Gasteiger partial charge in [-0.05, 0) is 12.8 Å². The molecule has 0 aromatic heterocycles. The molecule has 82 valence electrons. The van der Waals surface area contributed by atoms with E-state index in [0.29, 0.717) is 6.04 Å². The van der Waals surface area contributed by atoms with Gasteiger partial charge in [0.05, 0.1) is 6.04 Å². The molecule has 1 aliphatic carbocycles. The van der Waals surface area contributed by atoms with E-state index in [0.717, 1.165) is 12.8 Å². The van der Waals surface area contributed by atoms with Gasteiger partial charge < -0.3 is 16.7 Å². The first-order chi connectivity index (χ1) is 6.52. The zero-order valence-corrected chi connectivity index (χ0v) is 7.93. The van der Waals surface area contributed by atoms with Gasteiger partial charge in [-0.1, -0.05) is 19.3 Å². The van der Waals surface area contributed by atoms with E-state index in [9.17, 15) is 0 Å². The lowest BCUT2D eigenvalue weighted by molar-refractivity contribution is -0.742. The molecule has 0 unspecified atom stereocenters. The minimum atomic E-state index is -1.50. The van der Waals surface area contributed by atoms with Crippen LogP contribution >= 0.6 is 0 Å². The Labute approximate surface area is 81.9 Å². The van der Waals surface area contributed by atoms with Crippen LogP contribution in [0.4, 0.5) is 0 Å². The fourth-order valence-corrected chi connectivity index (χ4v) is 1.42. The summed E-state index contributed by atoms with van der Waals surface area (Å²) in [5.74, 6) is 0.243. The first kappa shape index (κ1) is 12.5. The highest BCUT2D eigenvalue weighted by atomic mass is 16.9. The van der Waals surface area contributed by atoms with Crippen LogP contribution in [0.3, 0.4) is 0 Å². The Morgan fingerprint density at radius 2 is 1.79 bits per heavy atom. The van der Waals surface area contributed by atoms with E-state index in [-0.39, 0.29) is 5.96 Å². The molecule has 0 aliphatic heterocycles. The van der Waals surface area contributed by atoms with Crippen molar-refractivity contribution in [1.29, 1.82) is 0 Å². The monoisotopic (exact) mass is 204 g/mol. The van der Waals surface area contributed by atoms with E-state index in [1.54, 1.807) is 0 Å². The van der Waals surface area contributed by atoms with Crippen LogP contribution in [0, 0.1) is 10.1 Å². The topological polar surface area (TPSA) is 128 Å². The second-order valence-corrected chi connectivity index (χ2v) is 3.08. The summed E-state index contributed by atoms with van der Waals surface area (Å²) in [7, 11) is 0. The summed E-state index contributed by atoms with van der Waals surface area (Å²) in [5.41, 5.74) is 10.5. The minimum Gasteiger partial charge on any atom is -0.370 e. The molecular formula is C7H16N4O3. The van der Waals surface area contributed by atoms with E-state index in [1.807, 2.05) is 0 Å². The number of hydrogen-bond acceptors (Lipinski definition) is 3. The zero-order chi connectivity index (χ0) is 11.0. The molecule has 0 heterocycles. The van der Waals surface area contributed by atoms with Gasteiger partial charge in [-0.2, -0.15) is 0 Å². The highest BCUT2D eigenvalue weighted by Gasteiger charge is 2.11. The molecule has 7 nitrogen and oxygen atoms in total. The zero-order valence-electron chi connectivity index (χ0n) is 7.93. The van der Waals surface area contributed by atoms with Crippen molar-refractivity contribution in [3.05, 3.63) is 10.1 Å². The SMILES string of the molecule is NC(N)=NC1CCCCC1.O=[N+]([O-])O. The number of aliphatic imine (C=N–C) groups is 1. The van der Waals surface area contributed by atoms with Gasteiger partial charge in [0.25, 0.3) is 5.09 Å². The summed E-state index contributed by atoms with van der Waals surface area (Å²) in [6, 6.07) is 0.416. The Balaban J connectivity index is 0.000000364. The normalized spacial score (nSPS) is 16.3. The average Bonchev–Trinajstić information content (AvgIpc) is 2.03. The number of hydrogen-bond donors (Lipinski definition) is 3. The molecule has 0 aromatic rings. The predicted octanol–water partition coefficient (Wildman–Crippen LogP) is 0.245. The molecule has 0 spiro atoms. The first-order valence-electron chi connectivity index (χ1n) is 4.44. The van der Waals surface area contributed by atoms with Crippen molar-refractivity contribution in [2.75, 3.05) is 0 Å². The van der Waals surface area contributed by atoms with Gasteiger partial charge in [0.15, 0.2) is 5.96 Å². The highest BCUT2D eigenvalue weighted by molar-refractivity contribution is 5.75. The van der Waals surface area contributed by atoms with Gasteiger partial charge in [0.2, 0.25) is 0 Å². The van der Waals surface area contributed by atoms with Crippen LogP contribution in [-0.4, -0.2) is 22.3 Å². The third-order valence-electron chi connectivity index (χ3n) is 1.91. The van der Waals surface area contributed by atoms with E-state index in [2.05, 4.69) is 4.99 Å². The molecule has 1 rings (SSSR count). The van der Waals surface area contributed by atoms with Crippen LogP contribution < -0.4 is 11.5 Å². The maximum atomic E-state index is 8.36. The lowest BCUT2D eigenvalue weighted by Crippen LogP contribution is -2.26. The molecule has 0 bridgehead atoms. The first-order valence-corrected chi connectivity index (χ1v) is 4.44. The number of rotatable bonds is 1. The standard InChI is InChI=1S/C7H15N3.HNO3/c8-7(9)10-6-4-2-1-3-5-6;2-1(3)4/h6H,1-5H2,(H4,8,9,10);(H,2,3,4). The Hall–Kier alpha value is -1.53. The Morgan fingerprint density at radius 1 is 1.36 bits per heavy atom. The van der Waals surface area contributed by atoms with Gasteiger partial charge in [0, 0.05) is 0 Å². The van der Waals surface area contributed by atoms with Crippen molar-refractivity contribution >= 4 is 5.96 Å². The number of nitrogens with zero attached hydrogens (tertiary/aromatic N) is 2. The van der Waals surface area contributed by atoms with Crippen molar-refractivity contribution in [3.8, 4) is 0 Å². The van der Waals surface area contributed by atoms with Crippen LogP contribution in [-0.2, 0) is 0 Å². The summed E-state index contributed by atoms with van der Waals surface area (Å²) >= 11 is 0. The molecule has 0 saturated heterocycles. The summed E-state index contributed by atoms with van der Waals surface area (Å²) in [6.07, 6.45) is 6.23. The summed E-state index contributed by atoms with van der Waals surface area (Å²) in [6.45, 7) is 0. The van der Waals surface area contributed by atoms with Crippen LogP contribution in [0.15, 0.2) is 4.99 Å². The fraction of sp³-hybridized carbons (Fsp3) is 0.857. The van der Waals surface area contributed by atoms with Gasteiger partial charge in [-0.3, -0.25) is 4.99 Å². The molecule has 0 atom stereocenters. The summed E-state index contributed by atoms with van der Waals surface area (Å²) in [5, 5.41) is 13.6. The van der Waals surface area contributed by atoms with E-state index < -0.39 is 5.09 Å². The second-order valence-electron chi connectivity index (χ2n) is 3.08. The second kappa shape index (κ2) is 6.93. The Kier molecular flexibility index (Phi) is 6.17. The van der Waals surface area contributed by atoms with Crippen molar-refractivity contribution in [2.45, 2.75) is 38.1 Å². The van der Waals surface area contributed by atoms with Crippen molar-refractivity contribution in [2.24, 2.45) is 16.5 Å². The van der Waals surface area contributed by atoms with Crippen molar-refractivity contribution in [1.82, 2.24) is 0 Å². The van der Waals surface area contributed by atoms with Crippen LogP contribution in [0.2, 0.25) is 0 Å². The largest absolute Gasteiger partial charge is 0.370 e. The minimum absolute atomic E-state index is 0.243. The van der Waals surface area contributed by atoms with Gasteiger partial charge in [-0.15, -0.1) is 10.1 Å². The lowest BCUT2D eigenvalue weighted by Gasteiger charge is -2.17.